The van der Waals surface area contributed by atoms with E-state index in [1.165, 1.54) is 17.5 Å². The van der Waals surface area contributed by atoms with Crippen LogP contribution in [0.4, 0.5) is 0 Å². The van der Waals surface area contributed by atoms with Crippen molar-refractivity contribution in [1.82, 2.24) is 19.9 Å². The molecule has 0 N–H and O–H groups in total. The highest BCUT2D eigenvalue weighted by Crippen LogP contribution is 2.31. The van der Waals surface area contributed by atoms with Gasteiger partial charge in [-0.1, -0.05) is 18.2 Å². The molecule has 32 heavy (non-hydrogen) atoms. The first kappa shape index (κ1) is 20.6. The maximum absolute atomic E-state index is 12.8. The van der Waals surface area contributed by atoms with Gasteiger partial charge in [-0.25, -0.2) is 9.97 Å². The summed E-state index contributed by atoms with van der Waals surface area (Å²) >= 11 is 0. The summed E-state index contributed by atoms with van der Waals surface area (Å²) in [6.07, 6.45) is 11.5. The highest BCUT2D eigenvalue weighted by atomic mass is 16.5. The Hall–Kier alpha value is -3.28. The first-order valence-corrected chi connectivity index (χ1v) is 11.4. The van der Waals surface area contributed by atoms with Crippen LogP contribution in [0.3, 0.4) is 0 Å². The number of likely N-dealkylation sites (tertiary alicyclic amines) is 1. The van der Waals surface area contributed by atoms with Crippen molar-refractivity contribution in [2.45, 2.75) is 51.0 Å². The van der Waals surface area contributed by atoms with Crippen molar-refractivity contribution in [3.8, 4) is 16.9 Å². The van der Waals surface area contributed by atoms with Gasteiger partial charge >= 0.3 is 0 Å². The lowest BCUT2D eigenvalue weighted by Crippen LogP contribution is -2.38. The minimum Gasteiger partial charge on any atom is -0.490 e. The molecule has 0 bridgehead atoms. The molecular formula is C26H28N4O2. The summed E-state index contributed by atoms with van der Waals surface area (Å²) < 4.78 is 5.77. The highest BCUT2D eigenvalue weighted by molar-refractivity contribution is 5.76. The number of hydrogen-bond donors (Lipinski definition) is 0. The molecule has 2 aliphatic rings. The van der Waals surface area contributed by atoms with Crippen molar-refractivity contribution in [2.24, 2.45) is 0 Å². The third-order valence-corrected chi connectivity index (χ3v) is 6.53. The molecule has 1 atom stereocenters. The van der Waals surface area contributed by atoms with Crippen LogP contribution in [-0.2, 0) is 17.6 Å². The monoisotopic (exact) mass is 428 g/mol. The number of piperidine rings is 1. The van der Waals surface area contributed by atoms with Crippen molar-refractivity contribution in [3.05, 3.63) is 72.1 Å². The number of fused-ring (bicyclic) bond motifs is 1. The molecule has 4 heterocycles. The Kier molecular flexibility index (Phi) is 5.84. The molecule has 0 saturated carbocycles. The lowest BCUT2D eigenvalue weighted by Gasteiger charge is -2.32. The summed E-state index contributed by atoms with van der Waals surface area (Å²) in [5.41, 5.74) is 5.58. The van der Waals surface area contributed by atoms with E-state index in [1.54, 1.807) is 12.4 Å². The van der Waals surface area contributed by atoms with Crippen molar-refractivity contribution in [2.75, 3.05) is 13.1 Å². The summed E-state index contributed by atoms with van der Waals surface area (Å²) in [6, 6.07) is 10.5. The van der Waals surface area contributed by atoms with Crippen molar-refractivity contribution in [3.63, 3.8) is 0 Å². The van der Waals surface area contributed by atoms with Crippen LogP contribution in [0.1, 0.15) is 48.9 Å². The van der Waals surface area contributed by atoms with Gasteiger partial charge in [0.05, 0.1) is 0 Å². The van der Waals surface area contributed by atoms with E-state index in [0.29, 0.717) is 12.3 Å². The van der Waals surface area contributed by atoms with Gasteiger partial charge in [-0.3, -0.25) is 9.78 Å². The fraction of sp³-hybridized carbons (Fsp3) is 0.385. The number of pyridine rings is 1. The minimum absolute atomic E-state index is 0.251. The lowest BCUT2D eigenvalue weighted by molar-refractivity contribution is -0.132. The van der Waals surface area contributed by atoms with E-state index in [-0.39, 0.29) is 12.0 Å². The average Bonchev–Trinajstić information content (AvgIpc) is 3.22. The second-order valence-corrected chi connectivity index (χ2v) is 8.83. The molecular weight excluding hydrogens is 400 g/mol. The van der Waals surface area contributed by atoms with E-state index >= 15 is 0 Å². The number of ether oxygens (including phenoxy) is 1. The Labute approximate surface area is 188 Å². The largest absolute Gasteiger partial charge is 0.490 e. The van der Waals surface area contributed by atoms with Gasteiger partial charge in [0.25, 0.3) is 0 Å². The maximum Gasteiger partial charge on any atom is 0.222 e. The van der Waals surface area contributed by atoms with Gasteiger partial charge in [-0.05, 0) is 49.4 Å². The Bertz CT molecular complexity index is 1080. The van der Waals surface area contributed by atoms with Crippen molar-refractivity contribution < 1.29 is 9.53 Å². The Morgan fingerprint density at radius 2 is 1.88 bits per heavy atom. The summed E-state index contributed by atoms with van der Waals surface area (Å²) in [5, 5.41) is 0. The maximum atomic E-state index is 12.8. The van der Waals surface area contributed by atoms with Crippen LogP contribution in [0.2, 0.25) is 0 Å². The standard InChI is InChI=1S/C26H28N4O2/c1-18-12-22-13-19(2-6-25(22)32-18)3-7-26(31)30-10-8-20(9-11-30)24-5-4-21(16-29-24)23-14-27-17-28-15-23/h2,4-6,13-18,20H,3,7-12H2,1H3. The molecule has 0 spiro atoms. The second kappa shape index (κ2) is 9.07. The van der Waals surface area contributed by atoms with Crippen LogP contribution in [0.5, 0.6) is 5.75 Å². The van der Waals surface area contributed by atoms with E-state index in [1.807, 2.05) is 17.2 Å². The highest BCUT2D eigenvalue weighted by Gasteiger charge is 2.25. The minimum atomic E-state index is 0.251. The summed E-state index contributed by atoms with van der Waals surface area (Å²) in [5.74, 6) is 1.65. The van der Waals surface area contributed by atoms with Gasteiger partial charge < -0.3 is 9.64 Å². The van der Waals surface area contributed by atoms with Gasteiger partial charge in [-0.2, -0.15) is 0 Å². The molecule has 0 radical (unpaired) electrons. The summed E-state index contributed by atoms with van der Waals surface area (Å²) in [7, 11) is 0. The molecule has 1 unspecified atom stereocenters. The van der Waals surface area contributed by atoms with Gasteiger partial charge in [0, 0.05) is 67.3 Å². The smallest absolute Gasteiger partial charge is 0.222 e. The molecule has 3 aromatic rings. The SMILES string of the molecule is CC1Cc2cc(CCC(=O)N3CCC(c4ccc(-c5cncnc5)cn4)CC3)ccc2O1. The predicted molar refractivity (Wildman–Crippen MR) is 122 cm³/mol. The molecule has 164 valence electrons. The van der Waals surface area contributed by atoms with Crippen molar-refractivity contribution in [1.29, 1.82) is 0 Å². The summed E-state index contributed by atoms with van der Waals surface area (Å²) in [6.45, 7) is 3.69. The van der Waals surface area contributed by atoms with Gasteiger partial charge in [0.15, 0.2) is 0 Å². The third kappa shape index (κ3) is 4.49. The van der Waals surface area contributed by atoms with Crippen LogP contribution < -0.4 is 4.74 Å². The summed E-state index contributed by atoms with van der Waals surface area (Å²) in [4.78, 5) is 27.6. The van der Waals surface area contributed by atoms with Gasteiger partial charge in [0.1, 0.15) is 18.2 Å². The van der Waals surface area contributed by atoms with E-state index in [0.717, 1.165) is 61.3 Å². The first-order valence-electron chi connectivity index (χ1n) is 11.4. The lowest BCUT2D eigenvalue weighted by atomic mass is 9.92. The molecule has 1 fully saturated rings. The Morgan fingerprint density at radius 3 is 2.62 bits per heavy atom. The number of nitrogens with zero attached hydrogens (tertiary/aromatic N) is 4. The van der Waals surface area contributed by atoms with Crippen LogP contribution in [-0.4, -0.2) is 45.0 Å². The number of carbonyl (C=O) groups is 1. The molecule has 2 aliphatic heterocycles. The first-order chi connectivity index (χ1) is 15.7. The van der Waals surface area contributed by atoms with Crippen LogP contribution in [0.25, 0.3) is 11.1 Å². The fourth-order valence-electron chi connectivity index (χ4n) is 4.73. The number of aromatic nitrogens is 3. The number of hydrogen-bond acceptors (Lipinski definition) is 5. The van der Waals surface area contributed by atoms with Gasteiger partial charge in [0.2, 0.25) is 5.91 Å². The zero-order chi connectivity index (χ0) is 21.9. The number of benzene rings is 1. The van der Waals surface area contributed by atoms with Crippen LogP contribution >= 0.6 is 0 Å². The normalized spacial score (nSPS) is 18.3. The second-order valence-electron chi connectivity index (χ2n) is 8.83. The molecule has 5 rings (SSSR count). The molecule has 1 amide bonds. The van der Waals surface area contributed by atoms with Crippen LogP contribution in [0, 0.1) is 0 Å². The molecule has 1 aromatic carbocycles. The predicted octanol–water partition coefficient (Wildman–Crippen LogP) is 4.20. The fourth-order valence-corrected chi connectivity index (χ4v) is 4.73. The molecule has 6 heteroatoms. The number of rotatable bonds is 5. The molecule has 6 nitrogen and oxygen atoms in total. The Morgan fingerprint density at radius 1 is 1.06 bits per heavy atom. The number of amides is 1. The zero-order valence-electron chi connectivity index (χ0n) is 18.4. The van der Waals surface area contributed by atoms with E-state index < -0.39 is 0 Å². The van der Waals surface area contributed by atoms with E-state index in [9.17, 15) is 4.79 Å². The van der Waals surface area contributed by atoms with E-state index in [2.05, 4.69) is 46.1 Å². The number of carbonyl (C=O) groups excluding carboxylic acids is 1. The topological polar surface area (TPSA) is 68.2 Å². The van der Waals surface area contributed by atoms with Crippen molar-refractivity contribution >= 4 is 5.91 Å². The molecule has 2 aromatic heterocycles. The quantitative estimate of drug-likeness (QED) is 0.609. The average molecular weight is 429 g/mol. The van der Waals surface area contributed by atoms with E-state index in [4.69, 9.17) is 4.74 Å². The molecule has 1 saturated heterocycles. The van der Waals surface area contributed by atoms with Gasteiger partial charge in [-0.15, -0.1) is 0 Å². The molecule has 0 aliphatic carbocycles. The van der Waals surface area contributed by atoms with Crippen LogP contribution in [0.15, 0.2) is 55.2 Å². The number of aryl methyl sites for hydroxylation is 1. The Balaban J connectivity index is 1.12. The third-order valence-electron chi connectivity index (χ3n) is 6.53. The zero-order valence-corrected chi connectivity index (χ0v) is 18.4.